The topological polar surface area (TPSA) is 45.6 Å². The van der Waals surface area contributed by atoms with Gasteiger partial charge in [0, 0.05) is 25.2 Å². The Bertz CT molecular complexity index is 396. The van der Waals surface area contributed by atoms with Crippen molar-refractivity contribution >= 4 is 11.8 Å². The van der Waals surface area contributed by atoms with E-state index in [9.17, 15) is 4.79 Å². The van der Waals surface area contributed by atoms with Gasteiger partial charge in [-0.05, 0) is 18.7 Å². The number of hydrogen-bond acceptors (Lipinski definition) is 4. The molecule has 2 heterocycles. The van der Waals surface area contributed by atoms with Crippen molar-refractivity contribution in [1.29, 1.82) is 0 Å². The molecule has 1 aliphatic rings. The average molecular weight is 189 g/mol. The largest absolute Gasteiger partial charge is 0.302 e. The van der Waals surface area contributed by atoms with Crippen LogP contribution in [0.3, 0.4) is 0 Å². The number of aromatic nitrogens is 1. The molecule has 2 rings (SSSR count). The first kappa shape index (κ1) is 9.06. The molecule has 0 aliphatic carbocycles. The molecule has 0 aromatic carbocycles. The summed E-state index contributed by atoms with van der Waals surface area (Å²) in [6.45, 7) is 1.92. The summed E-state index contributed by atoms with van der Waals surface area (Å²) >= 11 is 0. The van der Waals surface area contributed by atoms with E-state index in [1.807, 2.05) is 6.07 Å². The van der Waals surface area contributed by atoms with Gasteiger partial charge in [0.2, 0.25) is 6.08 Å². The molecule has 4 nitrogen and oxygen atoms in total. The van der Waals surface area contributed by atoms with Crippen molar-refractivity contribution in [2.24, 2.45) is 4.99 Å². The van der Waals surface area contributed by atoms with Crippen LogP contribution < -0.4 is 0 Å². The predicted octanol–water partition coefficient (Wildman–Crippen LogP) is 1.04. The highest BCUT2D eigenvalue weighted by atomic mass is 16.1. The van der Waals surface area contributed by atoms with E-state index in [0.29, 0.717) is 5.69 Å². The number of aliphatic imine (C=N–C) groups is 1. The van der Waals surface area contributed by atoms with Crippen LogP contribution in [0.5, 0.6) is 0 Å². The Kier molecular flexibility index (Phi) is 2.39. The highest BCUT2D eigenvalue weighted by molar-refractivity contribution is 5.49. The quantitative estimate of drug-likeness (QED) is 0.489. The number of fused-ring (bicyclic) bond motifs is 1. The summed E-state index contributed by atoms with van der Waals surface area (Å²) in [5, 5.41) is 0. The second kappa shape index (κ2) is 3.70. The normalized spacial score (nSPS) is 15.8. The molecule has 0 atom stereocenters. The SMILES string of the molecule is CN1CCc2ncc(N=C=O)cc2C1. The first-order chi connectivity index (χ1) is 6.79. The number of isocyanates is 1. The van der Waals surface area contributed by atoms with Gasteiger partial charge in [-0.3, -0.25) is 4.98 Å². The van der Waals surface area contributed by atoms with Gasteiger partial charge in [-0.1, -0.05) is 0 Å². The van der Waals surface area contributed by atoms with Crippen LogP contribution in [0.1, 0.15) is 11.3 Å². The van der Waals surface area contributed by atoms with Crippen molar-refractivity contribution in [3.63, 3.8) is 0 Å². The van der Waals surface area contributed by atoms with Gasteiger partial charge in [-0.15, -0.1) is 0 Å². The number of likely N-dealkylation sites (N-methyl/N-ethyl adjacent to an activating group) is 1. The van der Waals surface area contributed by atoms with E-state index in [1.165, 1.54) is 6.08 Å². The molecule has 0 saturated heterocycles. The van der Waals surface area contributed by atoms with E-state index < -0.39 is 0 Å². The van der Waals surface area contributed by atoms with Crippen molar-refractivity contribution in [1.82, 2.24) is 9.88 Å². The van der Waals surface area contributed by atoms with Gasteiger partial charge in [0.05, 0.1) is 11.9 Å². The molecular weight excluding hydrogens is 178 g/mol. The zero-order valence-corrected chi connectivity index (χ0v) is 8.03. The first-order valence-corrected chi connectivity index (χ1v) is 4.54. The fraction of sp³-hybridized carbons (Fsp3) is 0.400. The van der Waals surface area contributed by atoms with E-state index in [-0.39, 0.29) is 0 Å². The summed E-state index contributed by atoms with van der Waals surface area (Å²) in [4.78, 5) is 20.1. The maximum atomic E-state index is 10.1. The zero-order chi connectivity index (χ0) is 9.97. The molecule has 0 N–H and O–H groups in total. The van der Waals surface area contributed by atoms with Gasteiger partial charge in [0.1, 0.15) is 0 Å². The summed E-state index contributed by atoms with van der Waals surface area (Å²) in [6, 6.07) is 1.91. The number of rotatable bonds is 1. The van der Waals surface area contributed by atoms with Gasteiger partial charge in [0.25, 0.3) is 0 Å². The summed E-state index contributed by atoms with van der Waals surface area (Å²) in [5.41, 5.74) is 2.87. The average Bonchev–Trinajstić information content (AvgIpc) is 2.17. The molecule has 14 heavy (non-hydrogen) atoms. The van der Waals surface area contributed by atoms with E-state index in [2.05, 4.69) is 21.9 Å². The minimum atomic E-state index is 0.592. The summed E-state index contributed by atoms with van der Waals surface area (Å²) in [7, 11) is 2.07. The Labute approximate surface area is 82.3 Å². The molecule has 0 fully saturated rings. The van der Waals surface area contributed by atoms with Gasteiger partial charge in [-0.2, -0.15) is 4.99 Å². The third kappa shape index (κ3) is 1.71. The van der Waals surface area contributed by atoms with Crippen LogP contribution in [0.25, 0.3) is 0 Å². The van der Waals surface area contributed by atoms with Gasteiger partial charge in [0.15, 0.2) is 0 Å². The second-order valence-electron chi connectivity index (χ2n) is 3.49. The predicted molar refractivity (Wildman–Crippen MR) is 52.1 cm³/mol. The fourth-order valence-electron chi connectivity index (χ4n) is 1.67. The zero-order valence-electron chi connectivity index (χ0n) is 8.03. The number of carbonyl (C=O) groups excluding carboxylic acids is 1. The lowest BCUT2D eigenvalue weighted by molar-refractivity contribution is 0.310. The van der Waals surface area contributed by atoms with Gasteiger partial charge < -0.3 is 4.90 Å². The van der Waals surface area contributed by atoms with Crippen molar-refractivity contribution < 1.29 is 4.79 Å². The lowest BCUT2D eigenvalue weighted by Crippen LogP contribution is -2.27. The molecule has 0 saturated carbocycles. The van der Waals surface area contributed by atoms with Crippen LogP contribution in [-0.4, -0.2) is 29.6 Å². The molecule has 0 unspecified atom stereocenters. The molecule has 72 valence electrons. The molecule has 4 heteroatoms. The van der Waals surface area contributed by atoms with Crippen molar-refractivity contribution in [3.8, 4) is 0 Å². The van der Waals surface area contributed by atoms with E-state index in [4.69, 9.17) is 0 Å². The monoisotopic (exact) mass is 189 g/mol. The van der Waals surface area contributed by atoms with Crippen molar-refractivity contribution in [3.05, 3.63) is 23.5 Å². The fourth-order valence-corrected chi connectivity index (χ4v) is 1.67. The van der Waals surface area contributed by atoms with Crippen LogP contribution in [0, 0.1) is 0 Å². The van der Waals surface area contributed by atoms with Gasteiger partial charge >= 0.3 is 0 Å². The number of hydrogen-bond donors (Lipinski definition) is 0. The molecule has 0 bridgehead atoms. The third-order valence-electron chi connectivity index (χ3n) is 2.39. The first-order valence-electron chi connectivity index (χ1n) is 4.54. The smallest absolute Gasteiger partial charge is 0.240 e. The standard InChI is InChI=1S/C10H11N3O/c1-13-3-2-10-8(6-13)4-9(5-11-10)12-7-14/h4-5H,2-3,6H2,1H3. The molecule has 0 spiro atoms. The Morgan fingerprint density at radius 3 is 3.29 bits per heavy atom. The lowest BCUT2D eigenvalue weighted by Gasteiger charge is -2.23. The Morgan fingerprint density at radius 1 is 1.64 bits per heavy atom. The van der Waals surface area contributed by atoms with Crippen LogP contribution in [0.2, 0.25) is 0 Å². The maximum absolute atomic E-state index is 10.1. The minimum absolute atomic E-state index is 0.592. The van der Waals surface area contributed by atoms with Crippen LogP contribution in [0.15, 0.2) is 17.3 Å². The number of nitrogens with zero attached hydrogens (tertiary/aromatic N) is 3. The highest BCUT2D eigenvalue weighted by Gasteiger charge is 2.14. The van der Waals surface area contributed by atoms with Gasteiger partial charge in [-0.25, -0.2) is 4.79 Å². The Balaban J connectivity index is 2.37. The molecule has 0 radical (unpaired) electrons. The van der Waals surface area contributed by atoms with E-state index in [1.54, 1.807) is 6.20 Å². The molecular formula is C10H11N3O. The summed E-state index contributed by atoms with van der Waals surface area (Å²) < 4.78 is 0. The van der Waals surface area contributed by atoms with Crippen LogP contribution in [-0.2, 0) is 17.8 Å². The molecule has 0 amide bonds. The third-order valence-corrected chi connectivity index (χ3v) is 2.39. The van der Waals surface area contributed by atoms with Crippen LogP contribution in [0.4, 0.5) is 5.69 Å². The second-order valence-corrected chi connectivity index (χ2v) is 3.49. The molecule has 1 aromatic heterocycles. The molecule has 1 aliphatic heterocycles. The highest BCUT2D eigenvalue weighted by Crippen LogP contribution is 2.20. The Hall–Kier alpha value is -1.51. The van der Waals surface area contributed by atoms with Crippen LogP contribution >= 0.6 is 0 Å². The number of pyridine rings is 1. The van der Waals surface area contributed by atoms with Crippen molar-refractivity contribution in [2.45, 2.75) is 13.0 Å². The molecule has 1 aromatic rings. The maximum Gasteiger partial charge on any atom is 0.240 e. The summed E-state index contributed by atoms with van der Waals surface area (Å²) in [5.74, 6) is 0. The van der Waals surface area contributed by atoms with Crippen molar-refractivity contribution in [2.75, 3.05) is 13.6 Å². The van der Waals surface area contributed by atoms with E-state index in [0.717, 1.165) is 30.8 Å². The minimum Gasteiger partial charge on any atom is -0.302 e. The summed E-state index contributed by atoms with van der Waals surface area (Å²) in [6.07, 6.45) is 4.11. The van der Waals surface area contributed by atoms with E-state index >= 15 is 0 Å². The Morgan fingerprint density at radius 2 is 2.50 bits per heavy atom. The lowest BCUT2D eigenvalue weighted by atomic mass is 10.1.